The third-order valence-electron chi connectivity index (χ3n) is 6.34. The quantitative estimate of drug-likeness (QED) is 0.0888. The van der Waals surface area contributed by atoms with Crippen molar-refractivity contribution in [3.63, 3.8) is 0 Å². The summed E-state index contributed by atoms with van der Waals surface area (Å²) in [7, 11) is 0. The zero-order valence-electron chi connectivity index (χ0n) is 22.4. The molecule has 206 valence electrons. The van der Waals surface area contributed by atoms with Gasteiger partial charge in [-0.25, -0.2) is 5.84 Å². The molecular formula is C29H35N5O4S. The molecule has 3 aromatic rings. The van der Waals surface area contributed by atoms with Gasteiger partial charge < -0.3 is 25.5 Å². The molecule has 0 fully saturated rings. The summed E-state index contributed by atoms with van der Waals surface area (Å²) >= 11 is 1.26. The van der Waals surface area contributed by atoms with Crippen molar-refractivity contribution in [1.82, 2.24) is 10.1 Å². The van der Waals surface area contributed by atoms with Crippen molar-refractivity contribution in [2.45, 2.75) is 57.0 Å². The highest BCUT2D eigenvalue weighted by molar-refractivity contribution is 7.98. The maximum atomic E-state index is 13.6. The Balaban J connectivity index is 1.59. The molecule has 0 aromatic heterocycles. The van der Waals surface area contributed by atoms with Crippen molar-refractivity contribution in [1.29, 1.82) is 0 Å². The van der Waals surface area contributed by atoms with Crippen LogP contribution in [0.15, 0.2) is 70.7 Å². The third kappa shape index (κ3) is 7.15. The van der Waals surface area contributed by atoms with Gasteiger partial charge in [0.15, 0.2) is 11.5 Å². The summed E-state index contributed by atoms with van der Waals surface area (Å²) in [5.41, 5.74) is 6.35. The Labute approximate surface area is 233 Å². The Kier molecular flexibility index (Phi) is 9.56. The number of amidine groups is 1. The predicted molar refractivity (Wildman–Crippen MR) is 154 cm³/mol. The molecule has 10 heteroatoms. The first kappa shape index (κ1) is 28.1. The molecule has 0 aliphatic carbocycles. The maximum Gasteiger partial charge on any atom is 0.275 e. The number of carbonyl (C=O) groups is 1. The summed E-state index contributed by atoms with van der Waals surface area (Å²) in [5.74, 6) is 13.4. The molecule has 4 rings (SSSR count). The zero-order valence-corrected chi connectivity index (χ0v) is 23.2. The van der Waals surface area contributed by atoms with Gasteiger partial charge in [-0.15, -0.1) is 0 Å². The number of nitrogens with one attached hydrogen (secondary N) is 2. The van der Waals surface area contributed by atoms with Crippen LogP contribution >= 0.6 is 11.9 Å². The van der Waals surface area contributed by atoms with Crippen LogP contribution in [0.5, 0.6) is 17.2 Å². The van der Waals surface area contributed by atoms with Crippen LogP contribution in [0, 0.1) is 0 Å². The van der Waals surface area contributed by atoms with E-state index in [1.807, 2.05) is 36.4 Å². The van der Waals surface area contributed by atoms with Crippen molar-refractivity contribution in [3.05, 3.63) is 82.9 Å². The first-order chi connectivity index (χ1) is 18.9. The van der Waals surface area contributed by atoms with Gasteiger partial charge in [-0.05, 0) is 71.3 Å². The van der Waals surface area contributed by atoms with Gasteiger partial charge in [0, 0.05) is 16.9 Å². The standard InChI is InChI=1S/C29H35N5O4S/c1-4-5-21-14-19(15-27(32-30)33-31)6-12-24(21)38-28(22-9-13-25-26(16-22)37-17-36-25)29(35)34-39-23-10-7-20(8-11-23)18(2)3/h6-14,16,18,28H,4-5,15,17,30-31H2,1-3H3,(H,32,33)(H,34,35). The highest BCUT2D eigenvalue weighted by Gasteiger charge is 2.27. The minimum atomic E-state index is -0.921. The van der Waals surface area contributed by atoms with Crippen LogP contribution in [0.25, 0.3) is 0 Å². The number of hydrazone groups is 1. The van der Waals surface area contributed by atoms with Crippen molar-refractivity contribution in [2.24, 2.45) is 16.8 Å². The van der Waals surface area contributed by atoms with Crippen LogP contribution in [-0.4, -0.2) is 18.5 Å². The predicted octanol–water partition coefficient (Wildman–Crippen LogP) is 4.71. The smallest absolute Gasteiger partial charge is 0.275 e. The summed E-state index contributed by atoms with van der Waals surface area (Å²) in [6.07, 6.45) is 1.19. The molecule has 1 aliphatic heterocycles. The Bertz CT molecular complexity index is 1310. The van der Waals surface area contributed by atoms with E-state index in [4.69, 9.17) is 25.9 Å². The van der Waals surface area contributed by atoms with Crippen molar-refractivity contribution < 1.29 is 19.0 Å². The molecule has 1 atom stereocenters. The van der Waals surface area contributed by atoms with E-state index < -0.39 is 6.10 Å². The Hall–Kier alpha value is -3.89. The van der Waals surface area contributed by atoms with E-state index in [0.29, 0.717) is 41.0 Å². The average Bonchev–Trinajstić information content (AvgIpc) is 3.42. The van der Waals surface area contributed by atoms with Crippen LogP contribution in [0.1, 0.15) is 61.5 Å². The van der Waals surface area contributed by atoms with Gasteiger partial charge in [-0.3, -0.25) is 9.52 Å². The molecule has 1 amide bonds. The second-order valence-electron chi connectivity index (χ2n) is 9.49. The molecule has 1 unspecified atom stereocenters. The second-order valence-corrected chi connectivity index (χ2v) is 10.4. The summed E-state index contributed by atoms with van der Waals surface area (Å²) in [6, 6.07) is 19.4. The van der Waals surface area contributed by atoms with Crippen molar-refractivity contribution in [2.75, 3.05) is 6.79 Å². The molecular weight excluding hydrogens is 514 g/mol. The lowest BCUT2D eigenvalue weighted by Crippen LogP contribution is -2.32. The fourth-order valence-corrected chi connectivity index (χ4v) is 4.81. The summed E-state index contributed by atoms with van der Waals surface area (Å²) in [4.78, 5) is 14.5. The van der Waals surface area contributed by atoms with Crippen LogP contribution in [-0.2, 0) is 17.6 Å². The van der Waals surface area contributed by atoms with E-state index in [9.17, 15) is 4.79 Å². The maximum absolute atomic E-state index is 13.6. The number of nitrogens with zero attached hydrogens (tertiary/aromatic N) is 1. The number of fused-ring (bicyclic) bond motifs is 1. The third-order valence-corrected chi connectivity index (χ3v) is 7.15. The SMILES string of the molecule is CCCc1cc(C/C(=N/N)NN)ccc1OC(C(=O)NSc1ccc(C(C)C)cc1)c1ccc2c(c1)OCO2. The largest absolute Gasteiger partial charge is 0.476 e. The number of hydrogen-bond donors (Lipinski definition) is 4. The van der Waals surface area contributed by atoms with Gasteiger partial charge in [0.1, 0.15) is 11.6 Å². The lowest BCUT2D eigenvalue weighted by Gasteiger charge is -2.21. The molecule has 0 saturated carbocycles. The highest BCUT2D eigenvalue weighted by atomic mass is 32.2. The monoisotopic (exact) mass is 549 g/mol. The van der Waals surface area contributed by atoms with E-state index in [0.717, 1.165) is 28.9 Å². The van der Waals surface area contributed by atoms with Crippen LogP contribution in [0.4, 0.5) is 0 Å². The molecule has 1 heterocycles. The van der Waals surface area contributed by atoms with Gasteiger partial charge >= 0.3 is 0 Å². The Morgan fingerprint density at radius 1 is 1.05 bits per heavy atom. The van der Waals surface area contributed by atoms with Gasteiger partial charge in [0.25, 0.3) is 5.91 Å². The van der Waals surface area contributed by atoms with Crippen LogP contribution in [0.2, 0.25) is 0 Å². The van der Waals surface area contributed by atoms with Crippen molar-refractivity contribution in [3.8, 4) is 17.2 Å². The molecule has 0 bridgehead atoms. The Morgan fingerprint density at radius 2 is 1.79 bits per heavy atom. The zero-order chi connectivity index (χ0) is 27.8. The molecule has 9 nitrogen and oxygen atoms in total. The second kappa shape index (κ2) is 13.3. The molecule has 6 N–H and O–H groups in total. The minimum absolute atomic E-state index is 0.145. The number of ether oxygens (including phenoxy) is 3. The number of carbonyl (C=O) groups excluding carboxylic acids is 1. The summed E-state index contributed by atoms with van der Waals surface area (Å²) in [6.45, 7) is 6.54. The van der Waals surface area contributed by atoms with Gasteiger partial charge in [0.05, 0.1) is 0 Å². The minimum Gasteiger partial charge on any atom is -0.476 e. The van der Waals surface area contributed by atoms with Crippen LogP contribution in [0.3, 0.4) is 0 Å². The van der Waals surface area contributed by atoms with E-state index in [2.05, 4.69) is 48.2 Å². The topological polar surface area (TPSA) is 133 Å². The number of amides is 1. The number of benzene rings is 3. The summed E-state index contributed by atoms with van der Waals surface area (Å²) in [5, 5.41) is 3.67. The van der Waals surface area contributed by atoms with Crippen LogP contribution < -0.4 is 36.0 Å². The lowest BCUT2D eigenvalue weighted by atomic mass is 10.0. The highest BCUT2D eigenvalue weighted by Crippen LogP contribution is 2.36. The molecule has 0 saturated heterocycles. The van der Waals surface area contributed by atoms with E-state index in [1.54, 1.807) is 12.1 Å². The van der Waals surface area contributed by atoms with Gasteiger partial charge in [-0.1, -0.05) is 57.5 Å². The first-order valence-corrected chi connectivity index (χ1v) is 13.7. The first-order valence-electron chi connectivity index (χ1n) is 12.9. The van der Waals surface area contributed by atoms with E-state index in [-0.39, 0.29) is 12.7 Å². The molecule has 0 radical (unpaired) electrons. The van der Waals surface area contributed by atoms with Crippen molar-refractivity contribution >= 4 is 23.7 Å². The number of hydrazine groups is 1. The number of rotatable bonds is 11. The Morgan fingerprint density at radius 3 is 2.49 bits per heavy atom. The fourth-order valence-electron chi connectivity index (χ4n) is 4.21. The van der Waals surface area contributed by atoms with E-state index >= 15 is 0 Å². The van der Waals surface area contributed by atoms with Gasteiger partial charge in [-0.2, -0.15) is 5.10 Å². The molecule has 39 heavy (non-hydrogen) atoms. The molecule has 1 aliphatic rings. The van der Waals surface area contributed by atoms with E-state index in [1.165, 1.54) is 17.5 Å². The fraction of sp³-hybridized carbons (Fsp3) is 0.310. The lowest BCUT2D eigenvalue weighted by molar-refractivity contribution is -0.126. The molecule has 3 aromatic carbocycles. The number of hydrogen-bond acceptors (Lipinski definition) is 8. The normalized spacial score (nSPS) is 13.3. The van der Waals surface area contributed by atoms with Gasteiger partial charge in [0.2, 0.25) is 12.9 Å². The molecule has 0 spiro atoms. The average molecular weight is 550 g/mol. The number of aryl methyl sites for hydroxylation is 1. The number of nitrogens with two attached hydrogens (primary N) is 2. The summed E-state index contributed by atoms with van der Waals surface area (Å²) < 4.78 is 20.4.